The van der Waals surface area contributed by atoms with Crippen LogP contribution in [0.3, 0.4) is 0 Å². The maximum atomic E-state index is 12.9. The largest absolute Gasteiger partial charge is 0.368 e. The SMILES string of the molecule is NC(=O)[C@@H]1[C@H]2CCC[C@H]2CN1C(=O)c1noc2ccccc12. The van der Waals surface area contributed by atoms with Crippen molar-refractivity contribution in [1.29, 1.82) is 0 Å². The smallest absolute Gasteiger partial charge is 0.277 e. The van der Waals surface area contributed by atoms with Crippen molar-refractivity contribution >= 4 is 22.8 Å². The fraction of sp³-hybridized carbons (Fsp3) is 0.438. The zero-order valence-corrected chi connectivity index (χ0v) is 12.1. The van der Waals surface area contributed by atoms with E-state index in [1.54, 1.807) is 17.0 Å². The molecule has 1 aliphatic heterocycles. The van der Waals surface area contributed by atoms with Crippen LogP contribution < -0.4 is 5.73 Å². The Hall–Kier alpha value is -2.37. The Morgan fingerprint density at radius 1 is 1.27 bits per heavy atom. The second-order valence-corrected chi connectivity index (χ2v) is 6.19. The Kier molecular flexibility index (Phi) is 2.92. The Bertz CT molecular complexity index is 754. The lowest BCUT2D eigenvalue weighted by molar-refractivity contribution is -0.122. The number of fused-ring (bicyclic) bond motifs is 2. The summed E-state index contributed by atoms with van der Waals surface area (Å²) in [7, 11) is 0. The summed E-state index contributed by atoms with van der Waals surface area (Å²) in [4.78, 5) is 26.3. The summed E-state index contributed by atoms with van der Waals surface area (Å²) >= 11 is 0. The van der Waals surface area contributed by atoms with Crippen molar-refractivity contribution in [3.8, 4) is 0 Å². The van der Waals surface area contributed by atoms with Gasteiger partial charge in [-0.25, -0.2) is 0 Å². The van der Waals surface area contributed by atoms with Gasteiger partial charge in [-0.2, -0.15) is 0 Å². The fourth-order valence-electron chi connectivity index (χ4n) is 4.06. The molecule has 3 atom stereocenters. The van der Waals surface area contributed by atoms with Gasteiger partial charge in [0.05, 0.1) is 5.39 Å². The Balaban J connectivity index is 1.71. The molecule has 22 heavy (non-hydrogen) atoms. The molecule has 6 nitrogen and oxygen atoms in total. The first-order valence-electron chi connectivity index (χ1n) is 7.61. The van der Waals surface area contributed by atoms with Crippen LogP contribution in [-0.2, 0) is 4.79 Å². The molecule has 1 aliphatic carbocycles. The molecule has 2 amide bonds. The number of primary amides is 1. The van der Waals surface area contributed by atoms with Gasteiger partial charge in [-0.1, -0.05) is 23.7 Å². The lowest BCUT2D eigenvalue weighted by Crippen LogP contribution is -2.46. The van der Waals surface area contributed by atoms with Crippen LogP contribution in [0.4, 0.5) is 0 Å². The van der Waals surface area contributed by atoms with E-state index in [-0.39, 0.29) is 17.5 Å². The van der Waals surface area contributed by atoms with Gasteiger partial charge in [-0.05, 0) is 36.8 Å². The average molecular weight is 299 g/mol. The topological polar surface area (TPSA) is 89.4 Å². The van der Waals surface area contributed by atoms with Crippen LogP contribution in [0.25, 0.3) is 11.0 Å². The first-order chi connectivity index (χ1) is 10.7. The van der Waals surface area contributed by atoms with E-state index < -0.39 is 11.9 Å². The summed E-state index contributed by atoms with van der Waals surface area (Å²) in [6.45, 7) is 0.582. The number of para-hydroxylation sites is 1. The molecule has 1 aromatic carbocycles. The molecule has 2 heterocycles. The van der Waals surface area contributed by atoms with E-state index in [0.29, 0.717) is 23.4 Å². The maximum absolute atomic E-state index is 12.9. The van der Waals surface area contributed by atoms with Gasteiger partial charge < -0.3 is 15.2 Å². The highest BCUT2D eigenvalue weighted by Gasteiger charge is 2.49. The minimum Gasteiger partial charge on any atom is -0.368 e. The number of rotatable bonds is 2. The number of carbonyl (C=O) groups is 2. The Labute approximate surface area is 127 Å². The van der Waals surface area contributed by atoms with E-state index in [2.05, 4.69) is 5.16 Å². The third-order valence-electron chi connectivity index (χ3n) is 5.02. The number of nitrogens with two attached hydrogens (primary N) is 1. The van der Waals surface area contributed by atoms with Crippen molar-refractivity contribution in [2.45, 2.75) is 25.3 Å². The second kappa shape index (κ2) is 4.83. The molecule has 1 aromatic heterocycles. The molecule has 2 fully saturated rings. The van der Waals surface area contributed by atoms with Crippen molar-refractivity contribution in [1.82, 2.24) is 10.1 Å². The normalized spacial score (nSPS) is 27.3. The number of benzene rings is 1. The van der Waals surface area contributed by atoms with Gasteiger partial charge in [0.1, 0.15) is 6.04 Å². The molecule has 0 unspecified atom stereocenters. The third-order valence-corrected chi connectivity index (χ3v) is 5.02. The molecular formula is C16H17N3O3. The van der Waals surface area contributed by atoms with Crippen LogP contribution in [0.1, 0.15) is 29.8 Å². The number of hydrogen-bond acceptors (Lipinski definition) is 4. The van der Waals surface area contributed by atoms with Crippen molar-refractivity contribution in [3.05, 3.63) is 30.0 Å². The lowest BCUT2D eigenvalue weighted by atomic mass is 9.93. The van der Waals surface area contributed by atoms with Crippen LogP contribution in [-0.4, -0.2) is 34.5 Å². The van der Waals surface area contributed by atoms with Crippen LogP contribution >= 0.6 is 0 Å². The van der Waals surface area contributed by atoms with E-state index in [9.17, 15) is 9.59 Å². The van der Waals surface area contributed by atoms with E-state index in [4.69, 9.17) is 10.3 Å². The number of amides is 2. The van der Waals surface area contributed by atoms with Crippen LogP contribution in [0.15, 0.2) is 28.8 Å². The van der Waals surface area contributed by atoms with E-state index in [0.717, 1.165) is 19.3 Å². The molecule has 2 aromatic rings. The molecule has 0 radical (unpaired) electrons. The second-order valence-electron chi connectivity index (χ2n) is 6.19. The highest BCUT2D eigenvalue weighted by Crippen LogP contribution is 2.42. The highest BCUT2D eigenvalue weighted by atomic mass is 16.5. The molecular weight excluding hydrogens is 282 g/mol. The summed E-state index contributed by atoms with van der Waals surface area (Å²) < 4.78 is 5.21. The molecule has 6 heteroatoms. The van der Waals surface area contributed by atoms with Gasteiger partial charge in [0, 0.05) is 6.54 Å². The lowest BCUT2D eigenvalue weighted by Gasteiger charge is -2.24. The summed E-state index contributed by atoms with van der Waals surface area (Å²) in [5.74, 6) is -0.113. The van der Waals surface area contributed by atoms with Crippen molar-refractivity contribution < 1.29 is 14.1 Å². The Morgan fingerprint density at radius 2 is 2.09 bits per heavy atom. The molecule has 4 rings (SSSR count). The third kappa shape index (κ3) is 1.83. The fourth-order valence-corrected chi connectivity index (χ4v) is 4.06. The van der Waals surface area contributed by atoms with Crippen molar-refractivity contribution in [3.63, 3.8) is 0 Å². The van der Waals surface area contributed by atoms with E-state index in [1.165, 1.54) is 0 Å². The number of nitrogens with zero attached hydrogens (tertiary/aromatic N) is 2. The predicted octanol–water partition coefficient (Wildman–Crippen LogP) is 1.55. The highest BCUT2D eigenvalue weighted by molar-refractivity contribution is 6.05. The number of hydrogen-bond donors (Lipinski definition) is 1. The van der Waals surface area contributed by atoms with E-state index >= 15 is 0 Å². The first kappa shape index (κ1) is 13.3. The minimum absolute atomic E-state index is 0.194. The zero-order valence-electron chi connectivity index (χ0n) is 12.1. The minimum atomic E-state index is -0.518. The van der Waals surface area contributed by atoms with Gasteiger partial charge in [0.25, 0.3) is 5.91 Å². The van der Waals surface area contributed by atoms with Crippen LogP contribution in [0.2, 0.25) is 0 Å². The monoisotopic (exact) mass is 299 g/mol. The quantitative estimate of drug-likeness (QED) is 0.911. The van der Waals surface area contributed by atoms with Crippen molar-refractivity contribution in [2.75, 3.05) is 6.54 Å². The summed E-state index contributed by atoms with van der Waals surface area (Å²) in [6.07, 6.45) is 3.12. The van der Waals surface area contributed by atoms with E-state index in [1.807, 2.05) is 12.1 Å². The number of likely N-dealkylation sites (tertiary alicyclic amines) is 1. The molecule has 0 bridgehead atoms. The maximum Gasteiger partial charge on any atom is 0.277 e. The molecule has 2 N–H and O–H groups in total. The molecule has 2 aliphatic rings. The summed E-state index contributed by atoms with van der Waals surface area (Å²) in [6, 6.07) is 6.71. The van der Waals surface area contributed by atoms with Gasteiger partial charge in [-0.3, -0.25) is 9.59 Å². The van der Waals surface area contributed by atoms with Gasteiger partial charge >= 0.3 is 0 Å². The zero-order chi connectivity index (χ0) is 15.3. The summed E-state index contributed by atoms with van der Waals surface area (Å²) in [5.41, 5.74) is 6.41. The first-order valence-corrected chi connectivity index (χ1v) is 7.61. The van der Waals surface area contributed by atoms with Gasteiger partial charge in [-0.15, -0.1) is 0 Å². The van der Waals surface area contributed by atoms with Gasteiger partial charge in [0.2, 0.25) is 5.91 Å². The van der Waals surface area contributed by atoms with Crippen molar-refractivity contribution in [2.24, 2.45) is 17.6 Å². The Morgan fingerprint density at radius 3 is 2.91 bits per heavy atom. The predicted molar refractivity (Wildman–Crippen MR) is 78.9 cm³/mol. The standard InChI is InChI=1S/C16H17N3O3/c17-15(20)14-10-6-3-4-9(10)8-19(14)16(21)13-11-5-1-2-7-12(11)22-18-13/h1-2,5,7,9-10,14H,3-4,6,8H2,(H2,17,20)/t9-,10-,14-/m0/s1. The molecule has 1 saturated heterocycles. The van der Waals surface area contributed by atoms with Crippen LogP contribution in [0, 0.1) is 11.8 Å². The molecule has 1 saturated carbocycles. The number of carbonyl (C=O) groups excluding carboxylic acids is 2. The molecule has 114 valence electrons. The molecule has 0 spiro atoms. The van der Waals surface area contributed by atoms with Gasteiger partial charge in [0.15, 0.2) is 11.3 Å². The number of aromatic nitrogens is 1. The average Bonchev–Trinajstić information content (AvgIpc) is 3.19. The van der Waals surface area contributed by atoms with Crippen LogP contribution in [0.5, 0.6) is 0 Å². The summed E-state index contributed by atoms with van der Waals surface area (Å²) in [5, 5.41) is 4.58.